The van der Waals surface area contributed by atoms with E-state index in [1.165, 1.54) is 0 Å². The summed E-state index contributed by atoms with van der Waals surface area (Å²) in [6.45, 7) is 0.658. The van der Waals surface area contributed by atoms with Crippen LogP contribution in [0.1, 0.15) is 20.3 Å². The molecule has 212 valence electrons. The Hall–Kier alpha value is -1.78. The fraction of sp³-hybridized carbons (Fsp3) is 0.368. The van der Waals surface area contributed by atoms with E-state index in [1.54, 1.807) is 21.2 Å². The zero-order valence-corrected chi connectivity index (χ0v) is 27.0. The van der Waals surface area contributed by atoms with E-state index in [-0.39, 0.29) is 5.54 Å². The standard InChI is InChI=1S/C21H23NP.C17H14P.Fe/c1-3-21(2,22)19-15-10-16-20(19)23(17-11-6-4-7-12-17)18-13-8-5-9-14-18;1-3-9-15(10-4-1)18(17-13-7-8-14-17)16-11-5-2-6-12-16;/h4-16H,3,22H2,1-2H3;1-14H;. The molecule has 0 amide bonds. The van der Waals surface area contributed by atoms with Gasteiger partial charge in [-0.25, -0.2) is 0 Å². The predicted octanol–water partition coefficient (Wildman–Crippen LogP) is 7.95. The minimum atomic E-state index is -4.38. The molecule has 0 aromatic heterocycles. The van der Waals surface area contributed by atoms with Gasteiger partial charge >= 0.3 is 243 Å². The SMILES string of the molecule is CCC(C)(N)[C@]12[CH]3[CH]4[CH]5[C]1(P(c1ccccc1)c1ccccc1)[Fe]45321678[CH]2[CH]1[CH]6[C]7(P(c1ccccc1)c1ccccc1)[CH]28. The van der Waals surface area contributed by atoms with Crippen molar-refractivity contribution in [2.75, 3.05) is 0 Å². The third kappa shape index (κ3) is 0.550. The first-order valence-corrected chi connectivity index (χ1v) is 24.9. The first kappa shape index (κ1) is 21.8. The Morgan fingerprint density at radius 1 is 0.595 bits per heavy atom. The minimum absolute atomic E-state index is 0.0388. The van der Waals surface area contributed by atoms with Gasteiger partial charge in [0.1, 0.15) is 0 Å². The number of benzene rings is 4. The van der Waals surface area contributed by atoms with Crippen molar-refractivity contribution in [3.8, 4) is 0 Å². The number of rotatable bonds is 8. The average molecular weight is 626 g/mol. The van der Waals surface area contributed by atoms with E-state index in [1.807, 2.05) is 0 Å². The first-order valence-electron chi connectivity index (χ1n) is 16.1. The predicted molar refractivity (Wildman–Crippen MR) is 175 cm³/mol. The molecule has 10 saturated heterocycles. The van der Waals surface area contributed by atoms with Crippen molar-refractivity contribution in [3.63, 3.8) is 0 Å². The van der Waals surface area contributed by atoms with Crippen LogP contribution in [0.2, 0.25) is 38.0 Å². The van der Waals surface area contributed by atoms with Gasteiger partial charge in [-0.2, -0.15) is 0 Å². The van der Waals surface area contributed by atoms with Crippen molar-refractivity contribution in [1.29, 1.82) is 0 Å². The molecule has 14 rings (SSSR count). The third-order valence-electron chi connectivity index (χ3n) is 21.1. The molecule has 0 radical (unpaired) electrons. The van der Waals surface area contributed by atoms with Crippen molar-refractivity contribution >= 4 is 37.1 Å². The summed E-state index contributed by atoms with van der Waals surface area (Å²) < 4.78 is 1.69. The topological polar surface area (TPSA) is 26.0 Å². The Balaban J connectivity index is 1.16. The molecule has 42 heavy (non-hydrogen) atoms. The summed E-state index contributed by atoms with van der Waals surface area (Å²) >= 11 is 0. The van der Waals surface area contributed by atoms with Crippen LogP contribution in [0.5, 0.6) is 0 Å². The molecule has 4 aromatic rings. The van der Waals surface area contributed by atoms with E-state index < -0.39 is 22.4 Å². The van der Waals surface area contributed by atoms with E-state index in [4.69, 9.17) is 5.73 Å². The fourth-order valence-corrected chi connectivity index (χ4v) is 132. The zero-order valence-electron chi connectivity index (χ0n) is 24.1. The normalized spacial score (nSPS) is 60.4. The van der Waals surface area contributed by atoms with Gasteiger partial charge in [0.15, 0.2) is 0 Å². The molecule has 0 saturated carbocycles. The Morgan fingerprint density at radius 3 is 1.36 bits per heavy atom. The molecule has 10 heterocycles. The molecule has 2 N–H and O–H groups in total. The molecule has 10 fully saturated rings. The Kier molecular flexibility index (Phi) is 1.84. The summed E-state index contributed by atoms with van der Waals surface area (Å²) in [7, 11) is -0.843. The van der Waals surface area contributed by atoms with Crippen molar-refractivity contribution in [2.24, 2.45) is 5.73 Å². The molecule has 0 aliphatic carbocycles. The van der Waals surface area contributed by atoms with Gasteiger partial charge in [-0.15, -0.1) is 0 Å². The van der Waals surface area contributed by atoms with Gasteiger partial charge in [0.2, 0.25) is 0 Å². The molecule has 0 bridgehead atoms. The molecule has 9 unspecified atom stereocenters. The fourth-order valence-electron chi connectivity index (χ4n) is 23.2. The van der Waals surface area contributed by atoms with Crippen LogP contribution in [-0.4, -0.2) is 13.6 Å². The second-order valence-corrected chi connectivity index (χ2v) is 46.1. The summed E-state index contributed by atoms with van der Waals surface area (Å²) in [5.41, 5.74) is 7.92. The molecular formula is C38H37FeNP2. The van der Waals surface area contributed by atoms with Crippen molar-refractivity contribution < 1.29 is 6.51 Å². The van der Waals surface area contributed by atoms with E-state index in [0.29, 0.717) is 12.4 Å². The zero-order chi connectivity index (χ0) is 27.7. The van der Waals surface area contributed by atoms with Crippen LogP contribution in [0.15, 0.2) is 121 Å². The maximum atomic E-state index is 7.96. The number of hydrogen-bond acceptors (Lipinski definition) is 1. The summed E-state index contributed by atoms with van der Waals surface area (Å²) in [6, 6.07) is 47.9. The van der Waals surface area contributed by atoms with Gasteiger partial charge in [-0.1, -0.05) is 0 Å². The molecule has 4 aromatic carbocycles. The Labute approximate surface area is 241 Å². The van der Waals surface area contributed by atoms with Crippen LogP contribution in [0.4, 0.5) is 0 Å². The quantitative estimate of drug-likeness (QED) is 0.156. The van der Waals surface area contributed by atoms with Crippen LogP contribution >= 0.6 is 15.8 Å². The molecule has 10 aliphatic heterocycles. The van der Waals surface area contributed by atoms with Gasteiger partial charge in [-0.3, -0.25) is 0 Å². The van der Waals surface area contributed by atoms with Crippen LogP contribution in [0.25, 0.3) is 0 Å². The van der Waals surface area contributed by atoms with Crippen molar-refractivity contribution in [3.05, 3.63) is 121 Å². The summed E-state index contributed by atoms with van der Waals surface area (Å²) in [6.07, 6.45) is 1.15. The number of fused-ring (bicyclic) bond motifs is 10. The monoisotopic (exact) mass is 625 g/mol. The second-order valence-electron chi connectivity index (χ2n) is 17.6. The molecule has 1 nitrogen and oxygen atoms in total. The van der Waals surface area contributed by atoms with Gasteiger partial charge in [0.25, 0.3) is 0 Å². The third-order valence-corrected chi connectivity index (χ3v) is 78.4. The van der Waals surface area contributed by atoms with E-state index in [2.05, 4.69) is 135 Å². The summed E-state index contributed by atoms with van der Waals surface area (Å²) in [4.78, 5) is 7.81. The summed E-state index contributed by atoms with van der Waals surface area (Å²) in [5, 5.41) is 6.68. The van der Waals surface area contributed by atoms with Gasteiger partial charge < -0.3 is 0 Å². The Morgan fingerprint density at radius 2 is 1.00 bits per heavy atom. The molecule has 1 spiro atoms. The average Bonchev–Trinajstić information content (AvgIpc) is 4.00. The number of hydrogen-bond donors (Lipinski definition) is 1. The van der Waals surface area contributed by atoms with Gasteiger partial charge in [0.05, 0.1) is 0 Å². The first-order chi connectivity index (χ1) is 20.3. The second kappa shape index (κ2) is 3.54. The van der Waals surface area contributed by atoms with Crippen LogP contribution < -0.4 is 27.0 Å². The van der Waals surface area contributed by atoms with E-state index in [0.717, 1.165) is 40.1 Å². The van der Waals surface area contributed by atoms with Crippen LogP contribution in [-0.2, 0) is 6.51 Å². The molecule has 10 aliphatic rings. The van der Waals surface area contributed by atoms with Crippen molar-refractivity contribution in [1.82, 2.24) is 0 Å². The molecular weight excluding hydrogens is 588 g/mol. The van der Waals surface area contributed by atoms with Gasteiger partial charge in [0, 0.05) is 0 Å². The van der Waals surface area contributed by atoms with Crippen LogP contribution in [0, 0.1) is 0 Å². The molecule has 4 heteroatoms. The van der Waals surface area contributed by atoms with Crippen molar-refractivity contribution in [2.45, 2.75) is 71.9 Å². The maximum absolute atomic E-state index is 7.96. The van der Waals surface area contributed by atoms with Gasteiger partial charge in [-0.05, 0) is 0 Å². The Bertz CT molecular complexity index is 2280. The number of nitrogens with two attached hydrogens (primary N) is 1. The van der Waals surface area contributed by atoms with E-state index >= 15 is 0 Å². The summed E-state index contributed by atoms with van der Waals surface area (Å²) in [5.74, 6) is 0. The molecule has 10 atom stereocenters. The van der Waals surface area contributed by atoms with Crippen LogP contribution in [0.3, 0.4) is 0 Å². The van der Waals surface area contributed by atoms with E-state index in [9.17, 15) is 0 Å².